The highest BCUT2D eigenvalue weighted by Gasteiger charge is 2.39. The maximum atomic E-state index is 15.0. The number of hydrogen-bond donors (Lipinski definition) is 1. The summed E-state index contributed by atoms with van der Waals surface area (Å²) in [5, 5.41) is 8.40. The Bertz CT molecular complexity index is 1240. The van der Waals surface area contributed by atoms with Gasteiger partial charge in [-0.15, -0.1) is 0 Å². The number of carbonyl (C=O) groups is 2. The Balaban J connectivity index is 0.000000260. The molecule has 4 rings (SSSR count). The van der Waals surface area contributed by atoms with E-state index in [1.807, 2.05) is 0 Å². The van der Waals surface area contributed by atoms with Crippen molar-refractivity contribution in [2.24, 2.45) is 0 Å². The molecule has 1 aromatic heterocycles. The molecule has 1 fully saturated rings. The molecule has 0 aliphatic carbocycles. The molecule has 0 saturated carbocycles. The smallest absolute Gasteiger partial charge is 0.416 e. The van der Waals surface area contributed by atoms with Crippen LogP contribution >= 0.6 is 0 Å². The predicted molar refractivity (Wildman–Crippen MR) is 122 cm³/mol. The number of aromatic nitrogens is 1. The summed E-state index contributed by atoms with van der Waals surface area (Å²) < 4.78 is 88.7. The van der Waals surface area contributed by atoms with Gasteiger partial charge in [0, 0.05) is 37.7 Å². The molecule has 12 heteroatoms. The molecule has 5 nitrogen and oxygen atoms in total. The van der Waals surface area contributed by atoms with E-state index in [1.165, 1.54) is 11.1 Å². The van der Waals surface area contributed by atoms with Gasteiger partial charge < -0.3 is 10.0 Å². The third kappa shape index (κ3) is 7.08. The first kappa shape index (κ1) is 28.6. The zero-order valence-electron chi connectivity index (χ0n) is 19.6. The number of hydrogen-bond acceptors (Lipinski definition) is 3. The molecule has 202 valence electrons. The first-order chi connectivity index (χ1) is 17.7. The SMILES string of the molecule is O=C(O)c1ccc(C(F)(F)F)cc1.O=C(c1ccc(C(F)(F)F)cc1)N1CCC(F)(c2ccccn2)CC1. The number of carboxylic acid groups (broad SMARTS) is 1. The number of benzene rings is 2. The maximum Gasteiger partial charge on any atom is 0.416 e. The lowest BCUT2D eigenvalue weighted by Crippen LogP contribution is -2.43. The van der Waals surface area contributed by atoms with E-state index in [1.54, 1.807) is 18.2 Å². The highest BCUT2D eigenvalue weighted by molar-refractivity contribution is 5.94. The Morgan fingerprint density at radius 2 is 1.24 bits per heavy atom. The number of piperidine rings is 1. The number of likely N-dealkylation sites (tertiary alicyclic amines) is 1. The highest BCUT2D eigenvalue weighted by atomic mass is 19.4. The van der Waals surface area contributed by atoms with Crippen molar-refractivity contribution in [2.75, 3.05) is 13.1 Å². The van der Waals surface area contributed by atoms with Crippen molar-refractivity contribution in [2.45, 2.75) is 30.9 Å². The van der Waals surface area contributed by atoms with E-state index in [4.69, 9.17) is 5.11 Å². The largest absolute Gasteiger partial charge is 0.478 e. The molecule has 0 spiro atoms. The Labute approximate surface area is 212 Å². The van der Waals surface area contributed by atoms with Crippen molar-refractivity contribution in [3.63, 3.8) is 0 Å². The number of alkyl halides is 7. The van der Waals surface area contributed by atoms with Crippen LogP contribution in [-0.4, -0.2) is 40.0 Å². The van der Waals surface area contributed by atoms with Crippen molar-refractivity contribution in [1.29, 1.82) is 0 Å². The topological polar surface area (TPSA) is 70.5 Å². The van der Waals surface area contributed by atoms with E-state index in [0.717, 1.165) is 48.5 Å². The normalized spacial score (nSPS) is 15.3. The van der Waals surface area contributed by atoms with Crippen LogP contribution in [0.15, 0.2) is 72.9 Å². The van der Waals surface area contributed by atoms with E-state index < -0.39 is 41.0 Å². The van der Waals surface area contributed by atoms with Gasteiger partial charge in [0.15, 0.2) is 5.67 Å². The number of rotatable bonds is 3. The molecule has 0 atom stereocenters. The highest BCUT2D eigenvalue weighted by Crippen LogP contribution is 2.36. The lowest BCUT2D eigenvalue weighted by Gasteiger charge is -2.36. The Morgan fingerprint density at radius 1 is 0.763 bits per heavy atom. The number of carbonyl (C=O) groups excluding carboxylic acids is 1. The fourth-order valence-electron chi connectivity index (χ4n) is 3.73. The molecule has 0 radical (unpaired) electrons. The van der Waals surface area contributed by atoms with Crippen LogP contribution in [0, 0.1) is 0 Å². The quantitative estimate of drug-likeness (QED) is 0.379. The van der Waals surface area contributed by atoms with Crippen LogP contribution in [0.4, 0.5) is 30.7 Å². The molecule has 0 bridgehead atoms. The molecular formula is C26H21F7N2O3. The van der Waals surface area contributed by atoms with Crippen LogP contribution in [0.3, 0.4) is 0 Å². The van der Waals surface area contributed by atoms with Gasteiger partial charge in [-0.3, -0.25) is 9.78 Å². The van der Waals surface area contributed by atoms with E-state index in [2.05, 4.69) is 4.98 Å². The van der Waals surface area contributed by atoms with Crippen molar-refractivity contribution < 1.29 is 45.4 Å². The van der Waals surface area contributed by atoms with Crippen molar-refractivity contribution >= 4 is 11.9 Å². The first-order valence-corrected chi connectivity index (χ1v) is 11.2. The molecule has 2 aromatic carbocycles. The minimum atomic E-state index is -4.44. The lowest BCUT2D eigenvalue weighted by atomic mass is 9.89. The van der Waals surface area contributed by atoms with Gasteiger partial charge >= 0.3 is 18.3 Å². The number of amides is 1. The Kier molecular flexibility index (Phi) is 8.43. The Morgan fingerprint density at radius 3 is 1.63 bits per heavy atom. The van der Waals surface area contributed by atoms with E-state index in [9.17, 15) is 35.9 Å². The van der Waals surface area contributed by atoms with Gasteiger partial charge in [-0.25, -0.2) is 9.18 Å². The van der Waals surface area contributed by atoms with E-state index in [0.29, 0.717) is 5.69 Å². The van der Waals surface area contributed by atoms with Gasteiger partial charge in [0.2, 0.25) is 0 Å². The van der Waals surface area contributed by atoms with Crippen LogP contribution in [0.1, 0.15) is 50.4 Å². The fourth-order valence-corrected chi connectivity index (χ4v) is 3.73. The van der Waals surface area contributed by atoms with Gasteiger partial charge in [-0.05, 0) is 60.7 Å². The zero-order chi connectivity index (χ0) is 28.1. The molecule has 3 aromatic rings. The maximum absolute atomic E-state index is 15.0. The predicted octanol–water partition coefficient (Wildman–Crippen LogP) is 6.61. The molecule has 0 unspecified atom stereocenters. The summed E-state index contributed by atoms with van der Waals surface area (Å²) in [6.45, 7) is 0.375. The first-order valence-electron chi connectivity index (χ1n) is 11.2. The summed E-state index contributed by atoms with van der Waals surface area (Å²) in [4.78, 5) is 28.2. The van der Waals surface area contributed by atoms with Gasteiger partial charge in [-0.1, -0.05) is 6.07 Å². The summed E-state index contributed by atoms with van der Waals surface area (Å²) in [6, 6.07) is 12.4. The number of carboxylic acids is 1. The number of aromatic carboxylic acids is 1. The minimum absolute atomic E-state index is 0.108. The second-order valence-electron chi connectivity index (χ2n) is 8.43. The zero-order valence-corrected chi connectivity index (χ0v) is 19.6. The average Bonchev–Trinajstić information content (AvgIpc) is 2.89. The lowest BCUT2D eigenvalue weighted by molar-refractivity contribution is -0.138. The molecule has 38 heavy (non-hydrogen) atoms. The van der Waals surface area contributed by atoms with Crippen LogP contribution in [0.25, 0.3) is 0 Å². The monoisotopic (exact) mass is 542 g/mol. The summed E-state index contributed by atoms with van der Waals surface area (Å²) in [5.41, 5.74) is -2.89. The van der Waals surface area contributed by atoms with Crippen LogP contribution < -0.4 is 0 Å². The standard InChI is InChI=1S/C18H16F4N2O.C8H5F3O2/c19-17(15-3-1-2-10-23-15)8-11-24(12-9-17)16(25)13-4-6-14(7-5-13)18(20,21)22;9-8(10,11)6-3-1-5(2-4-6)7(12)13/h1-7,10H,8-9,11-12H2;1-4H,(H,12,13). The average molecular weight is 542 g/mol. The molecule has 1 amide bonds. The molecule has 1 N–H and O–H groups in total. The van der Waals surface area contributed by atoms with Crippen LogP contribution in [0.2, 0.25) is 0 Å². The molecule has 1 aliphatic rings. The number of nitrogens with zero attached hydrogens (tertiary/aromatic N) is 2. The van der Waals surface area contributed by atoms with Gasteiger partial charge in [-0.2, -0.15) is 26.3 Å². The summed E-state index contributed by atoms with van der Waals surface area (Å²) >= 11 is 0. The number of pyridine rings is 1. The van der Waals surface area contributed by atoms with E-state index in [-0.39, 0.29) is 37.1 Å². The third-order valence-electron chi connectivity index (χ3n) is 5.89. The van der Waals surface area contributed by atoms with Crippen LogP contribution in [0.5, 0.6) is 0 Å². The number of halogens is 7. The van der Waals surface area contributed by atoms with Crippen molar-refractivity contribution in [3.8, 4) is 0 Å². The second kappa shape index (κ2) is 11.2. The van der Waals surface area contributed by atoms with Gasteiger partial charge in [0.05, 0.1) is 22.4 Å². The molecule has 1 saturated heterocycles. The summed E-state index contributed by atoms with van der Waals surface area (Å²) in [5.74, 6) is -1.63. The second-order valence-corrected chi connectivity index (χ2v) is 8.43. The fraction of sp³-hybridized carbons (Fsp3) is 0.269. The molecule has 1 aliphatic heterocycles. The molecular weight excluding hydrogens is 521 g/mol. The van der Waals surface area contributed by atoms with Crippen molar-refractivity contribution in [3.05, 3.63) is 101 Å². The molecule has 2 heterocycles. The van der Waals surface area contributed by atoms with Gasteiger partial charge in [0.25, 0.3) is 5.91 Å². The minimum Gasteiger partial charge on any atom is -0.478 e. The van der Waals surface area contributed by atoms with E-state index >= 15 is 4.39 Å². The third-order valence-corrected chi connectivity index (χ3v) is 5.89. The van der Waals surface area contributed by atoms with Crippen LogP contribution in [-0.2, 0) is 18.0 Å². The van der Waals surface area contributed by atoms with Crippen molar-refractivity contribution in [1.82, 2.24) is 9.88 Å². The van der Waals surface area contributed by atoms with Gasteiger partial charge in [0.1, 0.15) is 0 Å². The summed E-state index contributed by atoms with van der Waals surface area (Å²) in [6.07, 6.45) is -7.12. The summed E-state index contributed by atoms with van der Waals surface area (Å²) in [7, 11) is 0. The Hall–Kier alpha value is -3.96.